The zero-order chi connectivity index (χ0) is 25.2. The van der Waals surface area contributed by atoms with Gasteiger partial charge in [-0.05, 0) is 97.4 Å². The molecule has 0 spiro atoms. The number of halogens is 2. The molecule has 36 heavy (non-hydrogen) atoms. The second kappa shape index (κ2) is 10.3. The van der Waals surface area contributed by atoms with Crippen molar-refractivity contribution in [1.82, 2.24) is 0 Å². The minimum atomic E-state index is -0.505. The van der Waals surface area contributed by atoms with E-state index >= 15 is 0 Å². The first-order valence-electron chi connectivity index (χ1n) is 10.7. The molecule has 0 aliphatic carbocycles. The van der Waals surface area contributed by atoms with Gasteiger partial charge in [-0.2, -0.15) is 0 Å². The average molecular weight is 702 g/mol. The largest absolute Gasteiger partial charge is 0.487 e. The molecule has 0 saturated heterocycles. The molecule has 0 amide bonds. The van der Waals surface area contributed by atoms with Crippen molar-refractivity contribution in [3.05, 3.63) is 119 Å². The molecule has 1 aliphatic rings. The molecule has 0 saturated carbocycles. The molecule has 0 aromatic heterocycles. The summed E-state index contributed by atoms with van der Waals surface area (Å²) < 4.78 is 13.1. The van der Waals surface area contributed by atoms with Crippen molar-refractivity contribution in [2.45, 2.75) is 6.61 Å². The van der Waals surface area contributed by atoms with Gasteiger partial charge >= 0.3 is 5.97 Å². The lowest BCUT2D eigenvalue weighted by molar-refractivity contribution is -0.384. The van der Waals surface area contributed by atoms with E-state index in [1.807, 2.05) is 54.6 Å². The van der Waals surface area contributed by atoms with E-state index in [0.717, 1.165) is 29.0 Å². The van der Waals surface area contributed by atoms with E-state index in [1.165, 1.54) is 12.1 Å². The van der Waals surface area contributed by atoms with Gasteiger partial charge in [0.05, 0.1) is 12.1 Å². The second-order valence-electron chi connectivity index (χ2n) is 7.93. The van der Waals surface area contributed by atoms with Gasteiger partial charge in [-0.15, -0.1) is 0 Å². The Kier molecular flexibility index (Phi) is 7.01. The number of ether oxygens (including phenoxy) is 2. The quantitative estimate of drug-likeness (QED) is 0.0719. The molecule has 4 aromatic rings. The molecule has 0 radical (unpaired) electrons. The van der Waals surface area contributed by atoms with Crippen molar-refractivity contribution in [3.63, 3.8) is 0 Å². The Labute approximate surface area is 233 Å². The molecule has 0 unspecified atom stereocenters. The summed E-state index contributed by atoms with van der Waals surface area (Å²) in [6.45, 7) is 0.194. The number of nitro groups is 1. The molecule has 1 heterocycles. The van der Waals surface area contributed by atoms with Crippen LogP contribution in [0.15, 0.2) is 89.6 Å². The fourth-order valence-electron chi connectivity index (χ4n) is 3.73. The number of rotatable bonds is 6. The van der Waals surface area contributed by atoms with Crippen LogP contribution in [0.4, 0.5) is 5.69 Å². The Morgan fingerprint density at radius 3 is 2.44 bits per heavy atom. The zero-order valence-electron chi connectivity index (χ0n) is 18.5. The molecule has 178 valence electrons. The van der Waals surface area contributed by atoms with E-state index < -0.39 is 10.9 Å². The highest BCUT2D eigenvalue weighted by Crippen LogP contribution is 2.31. The van der Waals surface area contributed by atoms with Crippen LogP contribution >= 0.6 is 45.2 Å². The lowest BCUT2D eigenvalue weighted by atomic mass is 10.1. The summed E-state index contributed by atoms with van der Waals surface area (Å²) in [5.41, 5.74) is 2.46. The molecule has 0 bridgehead atoms. The predicted octanol–water partition coefficient (Wildman–Crippen LogP) is 6.88. The Morgan fingerprint density at radius 1 is 0.944 bits per heavy atom. The number of nitrogens with zero attached hydrogens (tertiary/aromatic N) is 2. The van der Waals surface area contributed by atoms with Gasteiger partial charge in [0.25, 0.3) is 5.69 Å². The van der Waals surface area contributed by atoms with Gasteiger partial charge in [0.2, 0.25) is 5.90 Å². The zero-order valence-corrected chi connectivity index (χ0v) is 22.8. The van der Waals surface area contributed by atoms with E-state index in [0.29, 0.717) is 11.3 Å². The van der Waals surface area contributed by atoms with Crippen molar-refractivity contribution in [2.24, 2.45) is 4.99 Å². The highest BCUT2D eigenvalue weighted by molar-refractivity contribution is 14.1. The summed E-state index contributed by atoms with van der Waals surface area (Å²) in [4.78, 5) is 27.5. The first-order valence-corrected chi connectivity index (χ1v) is 12.9. The molecular formula is C27H16I2N2O5. The van der Waals surface area contributed by atoms with E-state index in [1.54, 1.807) is 18.2 Å². The first-order chi connectivity index (χ1) is 17.4. The van der Waals surface area contributed by atoms with Crippen LogP contribution in [0, 0.1) is 17.3 Å². The second-order valence-corrected chi connectivity index (χ2v) is 10.3. The van der Waals surface area contributed by atoms with E-state index in [-0.39, 0.29) is 23.9 Å². The van der Waals surface area contributed by atoms with Crippen molar-refractivity contribution < 1.29 is 19.2 Å². The maximum atomic E-state index is 12.5. The fourth-order valence-corrected chi connectivity index (χ4v) is 5.86. The van der Waals surface area contributed by atoms with Crippen LogP contribution in [0.3, 0.4) is 0 Å². The number of carbonyl (C=O) groups is 1. The molecule has 7 nitrogen and oxygen atoms in total. The molecule has 9 heteroatoms. The van der Waals surface area contributed by atoms with Crippen LogP contribution in [-0.4, -0.2) is 16.8 Å². The summed E-state index contributed by atoms with van der Waals surface area (Å²) in [5.74, 6) is 0.437. The van der Waals surface area contributed by atoms with Gasteiger partial charge in [0.15, 0.2) is 5.70 Å². The molecule has 0 N–H and O–H groups in total. The van der Waals surface area contributed by atoms with E-state index in [9.17, 15) is 14.9 Å². The van der Waals surface area contributed by atoms with Crippen LogP contribution in [0.5, 0.6) is 5.75 Å². The monoisotopic (exact) mass is 702 g/mol. The standard InChI is InChI=1S/C27H16I2N2O5/c28-22-11-17(12-23(29)25(22)35-15-16-4-3-7-21(10-16)31(33)34)13-24-27(32)36-26(30-24)20-9-8-18-5-1-2-6-19(18)14-20/h1-14H,15H2/b24-13-. The van der Waals surface area contributed by atoms with Crippen LogP contribution < -0.4 is 4.74 Å². The van der Waals surface area contributed by atoms with Gasteiger partial charge in [0.1, 0.15) is 12.4 Å². The fraction of sp³-hybridized carbons (Fsp3) is 0.0370. The Morgan fingerprint density at radius 2 is 1.69 bits per heavy atom. The maximum absolute atomic E-state index is 12.5. The number of hydrogen-bond acceptors (Lipinski definition) is 6. The molecule has 5 rings (SSSR count). The van der Waals surface area contributed by atoms with Gasteiger partial charge in [-0.3, -0.25) is 10.1 Å². The summed E-state index contributed by atoms with van der Waals surface area (Å²) in [5, 5.41) is 13.1. The highest BCUT2D eigenvalue weighted by Gasteiger charge is 2.24. The smallest absolute Gasteiger partial charge is 0.363 e. The maximum Gasteiger partial charge on any atom is 0.363 e. The van der Waals surface area contributed by atoms with Crippen molar-refractivity contribution in [3.8, 4) is 5.75 Å². The lowest BCUT2D eigenvalue weighted by Gasteiger charge is -2.11. The number of aliphatic imine (C=N–C) groups is 1. The molecule has 0 atom stereocenters. The summed E-state index contributed by atoms with van der Waals surface area (Å²) in [7, 11) is 0. The number of non-ortho nitro benzene ring substituents is 1. The van der Waals surface area contributed by atoms with Crippen LogP contribution in [0.1, 0.15) is 16.7 Å². The van der Waals surface area contributed by atoms with Gasteiger partial charge in [0, 0.05) is 17.7 Å². The topological polar surface area (TPSA) is 91.0 Å². The third-order valence-corrected chi connectivity index (χ3v) is 7.05. The Hall–Kier alpha value is -3.32. The van der Waals surface area contributed by atoms with E-state index in [4.69, 9.17) is 9.47 Å². The summed E-state index contributed by atoms with van der Waals surface area (Å²) >= 11 is 4.33. The van der Waals surface area contributed by atoms with Crippen LogP contribution in [0.25, 0.3) is 16.8 Å². The number of nitro benzene ring substituents is 1. The van der Waals surface area contributed by atoms with Crippen molar-refractivity contribution >= 4 is 79.6 Å². The predicted molar refractivity (Wildman–Crippen MR) is 154 cm³/mol. The Bertz CT molecular complexity index is 1570. The molecule has 4 aromatic carbocycles. The highest BCUT2D eigenvalue weighted by atomic mass is 127. The third-order valence-electron chi connectivity index (χ3n) is 5.45. The number of fused-ring (bicyclic) bond motifs is 1. The molecule has 0 fully saturated rings. The first kappa shape index (κ1) is 24.4. The lowest BCUT2D eigenvalue weighted by Crippen LogP contribution is -2.05. The van der Waals surface area contributed by atoms with Gasteiger partial charge < -0.3 is 9.47 Å². The minimum absolute atomic E-state index is 0.0227. The third kappa shape index (κ3) is 5.26. The minimum Gasteiger partial charge on any atom is -0.487 e. The SMILES string of the molecule is O=C1OC(c2ccc3ccccc3c2)=N/C1=C\c1cc(I)c(OCc2cccc([N+](=O)[O-])c2)c(I)c1. The average Bonchev–Trinajstić information content (AvgIpc) is 3.23. The number of esters is 1. The molecule has 1 aliphatic heterocycles. The normalized spacial score (nSPS) is 14.1. The number of carbonyl (C=O) groups excluding carboxylic acids is 1. The van der Waals surface area contributed by atoms with Crippen molar-refractivity contribution in [2.75, 3.05) is 0 Å². The summed E-state index contributed by atoms with van der Waals surface area (Å²) in [6.07, 6.45) is 1.69. The number of hydrogen-bond donors (Lipinski definition) is 0. The van der Waals surface area contributed by atoms with Gasteiger partial charge in [-0.25, -0.2) is 9.79 Å². The number of benzene rings is 4. The van der Waals surface area contributed by atoms with Crippen molar-refractivity contribution in [1.29, 1.82) is 0 Å². The molecular weight excluding hydrogens is 686 g/mol. The van der Waals surface area contributed by atoms with E-state index in [2.05, 4.69) is 50.2 Å². The number of cyclic esters (lactones) is 1. The van der Waals surface area contributed by atoms with Gasteiger partial charge in [-0.1, -0.05) is 42.5 Å². The summed E-state index contributed by atoms with van der Waals surface area (Å²) in [6, 6.07) is 23.9. The Balaban J connectivity index is 1.37. The van der Waals surface area contributed by atoms with Crippen LogP contribution in [0.2, 0.25) is 0 Å². The van der Waals surface area contributed by atoms with Crippen LogP contribution in [-0.2, 0) is 16.1 Å².